The Balaban J connectivity index is 1.77. The third-order valence-corrected chi connectivity index (χ3v) is 4.04. The number of rotatable bonds is 6. The molecule has 25 heavy (non-hydrogen) atoms. The summed E-state index contributed by atoms with van der Waals surface area (Å²) in [6.07, 6.45) is 0.454. The zero-order chi connectivity index (χ0) is 17.5. The molecule has 0 heterocycles. The van der Waals surface area contributed by atoms with Crippen molar-refractivity contribution in [2.75, 3.05) is 0 Å². The summed E-state index contributed by atoms with van der Waals surface area (Å²) in [6.45, 7) is -0.461. The van der Waals surface area contributed by atoms with E-state index in [0.717, 1.165) is 16.5 Å². The minimum absolute atomic E-state index is 0.401. The van der Waals surface area contributed by atoms with Crippen molar-refractivity contribution < 1.29 is 9.45 Å². The van der Waals surface area contributed by atoms with Crippen molar-refractivity contribution in [3.8, 4) is 0 Å². The Labute approximate surface area is 148 Å². The van der Waals surface area contributed by atoms with Crippen LogP contribution in [0.4, 0.5) is 0 Å². The Morgan fingerprint density at radius 1 is 0.800 bits per heavy atom. The highest BCUT2D eigenvalue weighted by Crippen LogP contribution is 2.04. The van der Waals surface area contributed by atoms with Crippen molar-refractivity contribution in [3.63, 3.8) is 0 Å². The Morgan fingerprint density at radius 3 is 1.72 bits per heavy atom. The molecule has 0 aliphatic rings. The molecule has 0 bridgehead atoms. The SMILES string of the molecule is NC(Cc1ccccc1)C(=O)OB(c1ccccc1)c1ccccc1. The van der Waals surface area contributed by atoms with Gasteiger partial charge in [-0.3, -0.25) is 4.79 Å². The molecule has 0 saturated carbocycles. The third-order valence-electron chi connectivity index (χ3n) is 4.04. The van der Waals surface area contributed by atoms with Crippen molar-refractivity contribution in [2.45, 2.75) is 12.5 Å². The zero-order valence-corrected chi connectivity index (χ0v) is 13.9. The van der Waals surface area contributed by atoms with E-state index in [1.165, 1.54) is 0 Å². The Morgan fingerprint density at radius 2 is 1.24 bits per heavy atom. The van der Waals surface area contributed by atoms with Crippen molar-refractivity contribution in [2.24, 2.45) is 5.73 Å². The number of hydrogen-bond acceptors (Lipinski definition) is 3. The Hall–Kier alpha value is -2.85. The topological polar surface area (TPSA) is 52.3 Å². The fourth-order valence-electron chi connectivity index (χ4n) is 2.74. The van der Waals surface area contributed by atoms with Crippen LogP contribution in [-0.4, -0.2) is 18.9 Å². The lowest BCUT2D eigenvalue weighted by molar-refractivity contribution is -0.135. The molecule has 124 valence electrons. The van der Waals surface area contributed by atoms with Crippen molar-refractivity contribution in [3.05, 3.63) is 96.6 Å². The number of benzene rings is 3. The van der Waals surface area contributed by atoms with Crippen LogP contribution in [0.3, 0.4) is 0 Å². The highest BCUT2D eigenvalue weighted by atomic mass is 16.5. The third kappa shape index (κ3) is 4.58. The summed E-state index contributed by atoms with van der Waals surface area (Å²) < 4.78 is 5.79. The molecule has 3 nitrogen and oxygen atoms in total. The molecule has 4 heteroatoms. The van der Waals surface area contributed by atoms with Crippen molar-refractivity contribution >= 4 is 23.8 Å². The molecule has 1 atom stereocenters. The largest absolute Gasteiger partial charge is 0.525 e. The van der Waals surface area contributed by atoms with E-state index in [2.05, 4.69) is 0 Å². The molecule has 0 spiro atoms. The number of nitrogens with two attached hydrogens (primary N) is 1. The standard InChI is InChI=1S/C21H20BNO2/c23-20(16-17-10-4-1-5-11-17)21(24)25-22(18-12-6-2-7-13-18)19-14-8-3-9-15-19/h1-15,20H,16,23H2. The van der Waals surface area contributed by atoms with Gasteiger partial charge in [0.1, 0.15) is 6.04 Å². The fraction of sp³-hybridized carbons (Fsp3) is 0.0952. The molecule has 0 aromatic heterocycles. The van der Waals surface area contributed by atoms with Crippen LogP contribution in [0.25, 0.3) is 0 Å². The Kier molecular flexibility index (Phi) is 5.65. The van der Waals surface area contributed by atoms with Crippen LogP contribution in [0.1, 0.15) is 5.56 Å². The van der Waals surface area contributed by atoms with Gasteiger partial charge in [-0.2, -0.15) is 0 Å². The van der Waals surface area contributed by atoms with Crippen LogP contribution in [0, 0.1) is 0 Å². The molecule has 3 rings (SSSR count). The summed E-state index contributed by atoms with van der Waals surface area (Å²) >= 11 is 0. The molecule has 2 N–H and O–H groups in total. The van der Waals surface area contributed by atoms with E-state index in [1.807, 2.05) is 91.0 Å². The summed E-state index contributed by atoms with van der Waals surface area (Å²) in [5, 5.41) is 0. The van der Waals surface area contributed by atoms with Gasteiger partial charge in [-0.15, -0.1) is 0 Å². The van der Waals surface area contributed by atoms with Crippen LogP contribution < -0.4 is 16.7 Å². The molecule has 3 aromatic carbocycles. The molecular weight excluding hydrogens is 309 g/mol. The molecule has 0 aliphatic heterocycles. The van der Waals surface area contributed by atoms with Gasteiger partial charge in [-0.1, -0.05) is 91.0 Å². The Bertz CT molecular complexity index is 754. The summed E-state index contributed by atoms with van der Waals surface area (Å²) in [5.41, 5.74) is 8.95. The molecule has 0 saturated heterocycles. The van der Waals surface area contributed by atoms with Crippen LogP contribution in [0.5, 0.6) is 0 Å². The lowest BCUT2D eigenvalue weighted by Crippen LogP contribution is -2.49. The highest BCUT2D eigenvalue weighted by Gasteiger charge is 2.28. The summed E-state index contributed by atoms with van der Waals surface area (Å²) in [5.74, 6) is -0.401. The van der Waals surface area contributed by atoms with E-state index in [9.17, 15) is 4.79 Å². The molecule has 0 aliphatic carbocycles. The second-order valence-electron chi connectivity index (χ2n) is 5.93. The van der Waals surface area contributed by atoms with Crippen LogP contribution >= 0.6 is 0 Å². The van der Waals surface area contributed by atoms with Gasteiger partial charge in [0, 0.05) is 0 Å². The van der Waals surface area contributed by atoms with Gasteiger partial charge in [-0.05, 0) is 22.9 Å². The highest BCUT2D eigenvalue weighted by molar-refractivity contribution is 6.81. The van der Waals surface area contributed by atoms with Crippen molar-refractivity contribution in [1.82, 2.24) is 0 Å². The molecular formula is C21H20BNO2. The van der Waals surface area contributed by atoms with Gasteiger partial charge < -0.3 is 10.4 Å². The van der Waals surface area contributed by atoms with Gasteiger partial charge in [0.05, 0.1) is 0 Å². The molecule has 3 aromatic rings. The van der Waals surface area contributed by atoms with Crippen LogP contribution in [0.2, 0.25) is 0 Å². The van der Waals surface area contributed by atoms with Crippen LogP contribution in [0.15, 0.2) is 91.0 Å². The fourth-order valence-corrected chi connectivity index (χ4v) is 2.74. The monoisotopic (exact) mass is 329 g/mol. The quantitative estimate of drug-likeness (QED) is 0.703. The first-order chi connectivity index (χ1) is 12.2. The number of carbonyl (C=O) groups is 1. The average Bonchev–Trinajstić information content (AvgIpc) is 2.68. The summed E-state index contributed by atoms with van der Waals surface area (Å²) in [4.78, 5) is 12.6. The van der Waals surface area contributed by atoms with Gasteiger partial charge >= 0.3 is 12.9 Å². The maximum Gasteiger partial charge on any atom is 0.429 e. The minimum Gasteiger partial charge on any atom is -0.525 e. The van der Waals surface area contributed by atoms with E-state index in [-0.39, 0.29) is 0 Å². The van der Waals surface area contributed by atoms with E-state index in [4.69, 9.17) is 10.4 Å². The van der Waals surface area contributed by atoms with Gasteiger partial charge in [-0.25, -0.2) is 0 Å². The maximum atomic E-state index is 12.6. The first kappa shape index (κ1) is 17.0. The van der Waals surface area contributed by atoms with Crippen molar-refractivity contribution in [1.29, 1.82) is 0 Å². The van der Waals surface area contributed by atoms with E-state index >= 15 is 0 Å². The first-order valence-electron chi connectivity index (χ1n) is 8.34. The number of carbonyl (C=O) groups excluding carboxylic acids is 1. The second-order valence-corrected chi connectivity index (χ2v) is 5.93. The molecule has 0 fully saturated rings. The minimum atomic E-state index is -0.697. The zero-order valence-electron chi connectivity index (χ0n) is 13.9. The maximum absolute atomic E-state index is 12.6. The summed E-state index contributed by atoms with van der Waals surface area (Å²) in [6, 6.07) is 28.4. The number of hydrogen-bond donors (Lipinski definition) is 1. The van der Waals surface area contributed by atoms with E-state index in [0.29, 0.717) is 6.42 Å². The lowest BCUT2D eigenvalue weighted by atomic mass is 9.55. The predicted molar refractivity (Wildman–Crippen MR) is 102 cm³/mol. The van der Waals surface area contributed by atoms with Gasteiger partial charge in [0.2, 0.25) is 0 Å². The lowest BCUT2D eigenvalue weighted by Gasteiger charge is -2.18. The van der Waals surface area contributed by atoms with Crippen LogP contribution in [-0.2, 0) is 15.9 Å². The van der Waals surface area contributed by atoms with Gasteiger partial charge in [0.25, 0.3) is 0 Å². The first-order valence-corrected chi connectivity index (χ1v) is 8.34. The average molecular weight is 329 g/mol. The van der Waals surface area contributed by atoms with E-state index < -0.39 is 18.9 Å². The normalized spacial score (nSPS) is 11.6. The second kappa shape index (κ2) is 8.31. The summed E-state index contributed by atoms with van der Waals surface area (Å²) in [7, 11) is 0. The molecule has 0 radical (unpaired) electrons. The van der Waals surface area contributed by atoms with E-state index in [1.54, 1.807) is 0 Å². The smallest absolute Gasteiger partial charge is 0.429 e. The van der Waals surface area contributed by atoms with Gasteiger partial charge in [0.15, 0.2) is 0 Å². The predicted octanol–water partition coefficient (Wildman–Crippen LogP) is 1.91. The molecule has 1 unspecified atom stereocenters. The molecule has 0 amide bonds.